The molecule has 1 aliphatic heterocycles. The van der Waals surface area contributed by atoms with Gasteiger partial charge in [-0.15, -0.1) is 0 Å². The van der Waals surface area contributed by atoms with Gasteiger partial charge in [-0.2, -0.15) is 0 Å². The first-order valence-electron chi connectivity index (χ1n) is 8.99. The van der Waals surface area contributed by atoms with E-state index >= 15 is 0 Å². The summed E-state index contributed by atoms with van der Waals surface area (Å²) >= 11 is 9.28. The monoisotopic (exact) mass is 440 g/mol. The van der Waals surface area contributed by atoms with Gasteiger partial charge in [-0.3, -0.25) is 4.98 Å². The number of thiocarbonyl (C=S) groups is 1. The summed E-state index contributed by atoms with van der Waals surface area (Å²) in [5.41, 5.74) is 3.30. The zero-order valence-corrected chi connectivity index (χ0v) is 17.6. The van der Waals surface area contributed by atoms with E-state index in [4.69, 9.17) is 12.2 Å². The highest BCUT2D eigenvalue weighted by molar-refractivity contribution is 9.10. The van der Waals surface area contributed by atoms with Gasteiger partial charge in [0.2, 0.25) is 0 Å². The summed E-state index contributed by atoms with van der Waals surface area (Å²) in [4.78, 5) is 6.88. The second kappa shape index (κ2) is 7.44. The fraction of sp³-hybridized carbons (Fsp3) is 0.238. The Kier molecular flexibility index (Phi) is 5.02. The zero-order valence-electron chi connectivity index (χ0n) is 15.2. The topological polar surface area (TPSA) is 33.1 Å². The Balaban J connectivity index is 1.84. The minimum absolute atomic E-state index is 0.00176. The van der Waals surface area contributed by atoms with Crippen LogP contribution in [0.2, 0.25) is 0 Å². The maximum absolute atomic E-state index is 5.70. The molecular weight excluding hydrogens is 420 g/mol. The highest BCUT2D eigenvalue weighted by atomic mass is 79.9. The molecule has 1 aromatic carbocycles. The smallest absolute Gasteiger partial charge is 0.170 e. The van der Waals surface area contributed by atoms with Crippen LogP contribution in [-0.4, -0.2) is 25.6 Å². The van der Waals surface area contributed by atoms with Gasteiger partial charge in [0.15, 0.2) is 5.11 Å². The minimum Gasteiger partial charge on any atom is -0.352 e. The second-order valence-corrected chi connectivity index (χ2v) is 8.21. The predicted molar refractivity (Wildman–Crippen MR) is 116 cm³/mol. The van der Waals surface area contributed by atoms with Crippen LogP contribution < -0.4 is 5.32 Å². The van der Waals surface area contributed by atoms with E-state index in [0.29, 0.717) is 0 Å². The molecule has 1 fully saturated rings. The summed E-state index contributed by atoms with van der Waals surface area (Å²) in [6.45, 7) is 4.35. The fourth-order valence-corrected chi connectivity index (χ4v) is 4.57. The number of hydrogen-bond donors (Lipinski definition) is 1. The van der Waals surface area contributed by atoms with Crippen LogP contribution >= 0.6 is 28.1 Å². The van der Waals surface area contributed by atoms with Crippen LogP contribution in [0.1, 0.15) is 37.3 Å². The SMILES string of the molecule is CC(C)N1C(=S)N[C@H](c2ccccn2)[C@H]1c1cccn1-c1cccc(Br)c1. The van der Waals surface area contributed by atoms with Gasteiger partial charge in [-0.05, 0) is 68.5 Å². The molecule has 0 radical (unpaired) electrons. The quantitative estimate of drug-likeness (QED) is 0.577. The van der Waals surface area contributed by atoms with E-state index in [-0.39, 0.29) is 18.1 Å². The van der Waals surface area contributed by atoms with E-state index in [1.54, 1.807) is 0 Å². The van der Waals surface area contributed by atoms with Gasteiger partial charge in [-0.25, -0.2) is 0 Å². The molecule has 0 amide bonds. The Hall–Kier alpha value is -2.18. The van der Waals surface area contributed by atoms with E-state index in [9.17, 15) is 0 Å². The highest BCUT2D eigenvalue weighted by Crippen LogP contribution is 2.40. The molecular formula is C21H21BrN4S. The standard InChI is InChI=1S/C21H21BrN4S/c1-14(2)26-20(19(24-21(26)27)17-9-3-4-11-23-17)18-10-6-12-25(18)16-8-5-7-15(22)13-16/h3-14,19-20H,1-2H3,(H,24,27)/t19-,20-/m1/s1. The molecule has 3 aromatic rings. The van der Waals surface area contributed by atoms with Crippen LogP contribution in [0.15, 0.2) is 71.5 Å². The summed E-state index contributed by atoms with van der Waals surface area (Å²) < 4.78 is 3.29. The number of nitrogens with one attached hydrogen (secondary N) is 1. The normalized spacial score (nSPS) is 19.6. The largest absolute Gasteiger partial charge is 0.352 e. The van der Waals surface area contributed by atoms with Crippen molar-refractivity contribution < 1.29 is 0 Å². The van der Waals surface area contributed by atoms with Gasteiger partial charge < -0.3 is 14.8 Å². The molecule has 2 atom stereocenters. The number of benzene rings is 1. The average molecular weight is 441 g/mol. The predicted octanol–water partition coefficient (Wildman–Crippen LogP) is 5.02. The molecule has 3 heterocycles. The number of rotatable bonds is 4. The molecule has 1 N–H and O–H groups in total. The molecule has 0 aliphatic carbocycles. The highest BCUT2D eigenvalue weighted by Gasteiger charge is 2.42. The Morgan fingerprint density at radius 1 is 1.11 bits per heavy atom. The first-order chi connectivity index (χ1) is 13.1. The molecule has 1 aliphatic rings. The van der Waals surface area contributed by atoms with E-state index in [1.165, 1.54) is 5.69 Å². The van der Waals surface area contributed by atoms with Crippen molar-refractivity contribution >= 4 is 33.3 Å². The lowest BCUT2D eigenvalue weighted by molar-refractivity contribution is 0.262. The molecule has 27 heavy (non-hydrogen) atoms. The summed E-state index contributed by atoms with van der Waals surface area (Å²) in [5, 5.41) is 4.27. The third-order valence-electron chi connectivity index (χ3n) is 4.86. The van der Waals surface area contributed by atoms with Gasteiger partial charge in [0.05, 0.1) is 17.8 Å². The van der Waals surface area contributed by atoms with Crippen molar-refractivity contribution in [2.24, 2.45) is 0 Å². The molecule has 4 rings (SSSR count). The molecule has 0 unspecified atom stereocenters. The van der Waals surface area contributed by atoms with Crippen LogP contribution in [0.25, 0.3) is 5.69 Å². The molecule has 138 valence electrons. The minimum atomic E-state index is 0.00176. The van der Waals surface area contributed by atoms with Crippen molar-refractivity contribution in [1.29, 1.82) is 0 Å². The molecule has 1 saturated heterocycles. The second-order valence-electron chi connectivity index (χ2n) is 6.91. The van der Waals surface area contributed by atoms with E-state index in [2.05, 4.69) is 92.1 Å². The van der Waals surface area contributed by atoms with Crippen LogP contribution in [0.4, 0.5) is 0 Å². The van der Waals surface area contributed by atoms with E-state index < -0.39 is 0 Å². The third kappa shape index (κ3) is 3.39. The lowest BCUT2D eigenvalue weighted by Crippen LogP contribution is -2.36. The fourth-order valence-electron chi connectivity index (χ4n) is 3.73. The number of halogens is 1. The Labute approximate surface area is 173 Å². The van der Waals surface area contributed by atoms with Crippen LogP contribution in [0.5, 0.6) is 0 Å². The van der Waals surface area contributed by atoms with Crippen molar-refractivity contribution in [3.63, 3.8) is 0 Å². The van der Waals surface area contributed by atoms with Crippen molar-refractivity contribution in [2.75, 3.05) is 0 Å². The van der Waals surface area contributed by atoms with Gasteiger partial charge in [0, 0.05) is 34.3 Å². The van der Waals surface area contributed by atoms with Gasteiger partial charge >= 0.3 is 0 Å². The number of aromatic nitrogens is 2. The van der Waals surface area contributed by atoms with Crippen molar-refractivity contribution in [3.8, 4) is 5.69 Å². The summed E-state index contributed by atoms with van der Waals surface area (Å²) in [6.07, 6.45) is 3.94. The molecule has 0 saturated carbocycles. The average Bonchev–Trinajstić information content (AvgIpc) is 3.26. The van der Waals surface area contributed by atoms with Crippen LogP contribution in [0.3, 0.4) is 0 Å². The van der Waals surface area contributed by atoms with Crippen LogP contribution in [-0.2, 0) is 0 Å². The number of pyridine rings is 1. The first-order valence-corrected chi connectivity index (χ1v) is 10.2. The number of hydrogen-bond acceptors (Lipinski definition) is 2. The summed E-state index contributed by atoms with van der Waals surface area (Å²) in [6, 6.07) is 18.9. The molecule has 6 heteroatoms. The maximum atomic E-state index is 5.70. The first kappa shape index (κ1) is 18.2. The summed E-state index contributed by atoms with van der Waals surface area (Å²) in [5.74, 6) is 0. The van der Waals surface area contributed by atoms with Crippen LogP contribution in [0, 0.1) is 0 Å². The lowest BCUT2D eigenvalue weighted by Gasteiger charge is -2.31. The zero-order chi connectivity index (χ0) is 19.0. The van der Waals surface area contributed by atoms with Crippen molar-refractivity contribution in [1.82, 2.24) is 19.8 Å². The third-order valence-corrected chi connectivity index (χ3v) is 5.68. The van der Waals surface area contributed by atoms with Crippen molar-refractivity contribution in [3.05, 3.63) is 82.9 Å². The van der Waals surface area contributed by atoms with E-state index in [0.717, 1.165) is 21.0 Å². The molecule has 0 bridgehead atoms. The maximum Gasteiger partial charge on any atom is 0.170 e. The lowest BCUT2D eigenvalue weighted by atomic mass is 10.0. The Morgan fingerprint density at radius 3 is 2.67 bits per heavy atom. The Bertz CT molecular complexity index is 954. The van der Waals surface area contributed by atoms with Gasteiger partial charge in [-0.1, -0.05) is 28.1 Å². The summed E-state index contributed by atoms with van der Waals surface area (Å²) in [7, 11) is 0. The Morgan fingerprint density at radius 2 is 1.96 bits per heavy atom. The number of nitrogens with zero attached hydrogens (tertiary/aromatic N) is 3. The molecule has 2 aromatic heterocycles. The van der Waals surface area contributed by atoms with Gasteiger partial charge in [0.1, 0.15) is 0 Å². The molecule has 0 spiro atoms. The van der Waals surface area contributed by atoms with Crippen molar-refractivity contribution in [2.45, 2.75) is 32.0 Å². The van der Waals surface area contributed by atoms with Gasteiger partial charge in [0.25, 0.3) is 0 Å². The van der Waals surface area contributed by atoms with E-state index in [1.807, 2.05) is 24.4 Å². The molecule has 4 nitrogen and oxygen atoms in total.